The van der Waals surface area contributed by atoms with Gasteiger partial charge in [0.15, 0.2) is 17.9 Å². The maximum Gasteiger partial charge on any atom is 0.320 e. The molecule has 2 aliphatic rings. The summed E-state index contributed by atoms with van der Waals surface area (Å²) < 4.78 is 39.4. The molecule has 1 aromatic rings. The van der Waals surface area contributed by atoms with Crippen molar-refractivity contribution in [3.63, 3.8) is 0 Å². The summed E-state index contributed by atoms with van der Waals surface area (Å²) in [6.45, 7) is 5.60. The van der Waals surface area contributed by atoms with E-state index in [9.17, 15) is 17.8 Å². The maximum atomic E-state index is 12.1. The summed E-state index contributed by atoms with van der Waals surface area (Å²) in [7, 11) is -4.85. The zero-order valence-corrected chi connectivity index (χ0v) is 14.9. The van der Waals surface area contributed by atoms with Gasteiger partial charge < -0.3 is 19.5 Å². The number of nitrogens with one attached hydrogen (secondary N) is 1. The van der Waals surface area contributed by atoms with Gasteiger partial charge in [-0.2, -0.15) is 8.42 Å². The Hall–Kier alpha value is -1.98. The molecule has 0 amide bonds. The molecule has 0 aliphatic carbocycles. The van der Waals surface area contributed by atoms with Crippen LogP contribution >= 0.6 is 0 Å². The Morgan fingerprint density at radius 3 is 2.56 bits per heavy atom. The van der Waals surface area contributed by atoms with Crippen molar-refractivity contribution in [1.82, 2.24) is 14.9 Å². The van der Waals surface area contributed by atoms with E-state index in [-0.39, 0.29) is 12.8 Å². The standard InChI is InChI=1S/C14H21N5O5S/c1-3-10-15-11-12(16-10)19(4-2)14(9-20,25(21,22)23)17-13(11)18-5-7-24-8-6-18/h9H,3-8H2,1-2H3,(H,15,16)(H,21,22,23). The highest BCUT2D eigenvalue weighted by Gasteiger charge is 2.54. The molecule has 1 unspecified atom stereocenters. The molecule has 11 heteroatoms. The van der Waals surface area contributed by atoms with Crippen molar-refractivity contribution in [1.29, 1.82) is 0 Å². The summed E-state index contributed by atoms with van der Waals surface area (Å²) in [6.07, 6.45) is 0.746. The Kier molecular flexibility index (Phi) is 4.56. The third kappa shape index (κ3) is 2.71. The second kappa shape index (κ2) is 6.39. The number of carbonyl (C=O) groups is 1. The van der Waals surface area contributed by atoms with E-state index in [0.29, 0.717) is 55.9 Å². The minimum Gasteiger partial charge on any atom is -0.378 e. The molecule has 1 saturated heterocycles. The molecule has 3 rings (SSSR count). The fourth-order valence-corrected chi connectivity index (χ4v) is 3.90. The molecule has 0 radical (unpaired) electrons. The van der Waals surface area contributed by atoms with Gasteiger partial charge >= 0.3 is 15.1 Å². The normalized spacial score (nSPS) is 24.0. The average molecular weight is 371 g/mol. The predicted octanol–water partition coefficient (Wildman–Crippen LogP) is -0.369. The van der Waals surface area contributed by atoms with Gasteiger partial charge in [-0.25, -0.2) is 9.98 Å². The molecule has 2 N–H and O–H groups in total. The summed E-state index contributed by atoms with van der Waals surface area (Å²) >= 11 is 0. The number of nitrogens with zero attached hydrogens (tertiary/aromatic N) is 4. The van der Waals surface area contributed by atoms with Crippen LogP contribution in [0.1, 0.15) is 25.4 Å². The fourth-order valence-electron chi connectivity index (χ4n) is 3.08. The molecule has 1 fully saturated rings. The van der Waals surface area contributed by atoms with Crippen LogP contribution in [0.5, 0.6) is 0 Å². The van der Waals surface area contributed by atoms with E-state index in [1.807, 2.05) is 11.8 Å². The van der Waals surface area contributed by atoms with Crippen molar-refractivity contribution < 1.29 is 22.5 Å². The van der Waals surface area contributed by atoms with E-state index >= 15 is 0 Å². The number of aryl methyl sites for hydroxylation is 1. The molecule has 3 heterocycles. The second-order valence-electron chi connectivity index (χ2n) is 5.77. The van der Waals surface area contributed by atoms with Crippen LogP contribution in [-0.2, 0) is 26.1 Å². The van der Waals surface area contributed by atoms with Gasteiger partial charge in [-0.05, 0) is 6.92 Å². The van der Waals surface area contributed by atoms with Crippen LogP contribution < -0.4 is 4.90 Å². The van der Waals surface area contributed by atoms with E-state index in [2.05, 4.69) is 15.0 Å². The molecular formula is C14H21N5O5S. The van der Waals surface area contributed by atoms with Gasteiger partial charge in [0, 0.05) is 26.1 Å². The summed E-state index contributed by atoms with van der Waals surface area (Å²) in [5, 5.41) is 0. The number of carbonyl (C=O) groups excluding carboxylic acids is 1. The minimum absolute atomic E-state index is 0.124. The smallest absolute Gasteiger partial charge is 0.320 e. The Balaban J connectivity index is 2.25. The largest absolute Gasteiger partial charge is 0.378 e. The van der Waals surface area contributed by atoms with E-state index in [4.69, 9.17) is 4.74 Å². The molecule has 10 nitrogen and oxygen atoms in total. The Morgan fingerprint density at radius 1 is 1.36 bits per heavy atom. The molecule has 138 valence electrons. The van der Waals surface area contributed by atoms with E-state index < -0.39 is 15.1 Å². The first-order valence-corrected chi connectivity index (χ1v) is 9.54. The Morgan fingerprint density at radius 2 is 2.04 bits per heavy atom. The Bertz CT molecular complexity index is 799. The van der Waals surface area contributed by atoms with Crippen molar-refractivity contribution in [2.75, 3.05) is 37.7 Å². The molecular weight excluding hydrogens is 350 g/mol. The highest BCUT2D eigenvalue weighted by molar-refractivity contribution is 7.88. The van der Waals surface area contributed by atoms with Gasteiger partial charge in [0.05, 0.1) is 13.2 Å². The maximum absolute atomic E-state index is 12.1. The zero-order valence-electron chi connectivity index (χ0n) is 14.1. The average Bonchev–Trinajstić information content (AvgIpc) is 3.03. The summed E-state index contributed by atoms with van der Waals surface area (Å²) in [4.78, 5) is 24.2. The monoisotopic (exact) mass is 371 g/mol. The topological polar surface area (TPSA) is 128 Å². The van der Waals surface area contributed by atoms with Crippen LogP contribution in [0, 0.1) is 0 Å². The summed E-state index contributed by atoms with van der Waals surface area (Å²) in [5.74, 6) is 1.22. The number of imidazole rings is 1. The van der Waals surface area contributed by atoms with Gasteiger partial charge in [0.25, 0.3) is 0 Å². The summed E-state index contributed by atoms with van der Waals surface area (Å²) in [6, 6.07) is 0. The first-order valence-electron chi connectivity index (χ1n) is 8.10. The highest BCUT2D eigenvalue weighted by atomic mass is 32.2. The molecule has 25 heavy (non-hydrogen) atoms. The second-order valence-corrected chi connectivity index (χ2v) is 7.32. The van der Waals surface area contributed by atoms with Gasteiger partial charge in [-0.3, -0.25) is 9.35 Å². The van der Waals surface area contributed by atoms with Crippen LogP contribution in [0.3, 0.4) is 0 Å². The molecule has 1 atom stereocenters. The predicted molar refractivity (Wildman–Crippen MR) is 90.3 cm³/mol. The lowest BCUT2D eigenvalue weighted by Gasteiger charge is -2.40. The van der Waals surface area contributed by atoms with Crippen LogP contribution in [0.4, 0.5) is 5.82 Å². The molecule has 2 aliphatic heterocycles. The van der Waals surface area contributed by atoms with Crippen molar-refractivity contribution in [3.05, 3.63) is 11.5 Å². The number of aliphatic imine (C=N–C) groups is 1. The third-order valence-electron chi connectivity index (χ3n) is 4.36. The number of morpholine rings is 1. The van der Waals surface area contributed by atoms with Crippen LogP contribution in [0.2, 0.25) is 0 Å². The first kappa shape index (κ1) is 17.8. The van der Waals surface area contributed by atoms with Gasteiger partial charge in [0.2, 0.25) is 0 Å². The highest BCUT2D eigenvalue weighted by Crippen LogP contribution is 2.36. The molecule has 0 bridgehead atoms. The minimum atomic E-state index is -4.85. The number of hydrogen-bond donors (Lipinski definition) is 2. The number of fused-ring (bicyclic) bond motifs is 1. The van der Waals surface area contributed by atoms with Crippen molar-refractivity contribution >= 4 is 28.1 Å². The zero-order chi connectivity index (χ0) is 18.2. The lowest BCUT2D eigenvalue weighted by Crippen LogP contribution is -2.59. The van der Waals surface area contributed by atoms with E-state index in [0.717, 1.165) is 0 Å². The lowest BCUT2D eigenvalue weighted by atomic mass is 10.2. The quantitative estimate of drug-likeness (QED) is 0.542. The number of hydrogen-bond acceptors (Lipinski definition) is 8. The van der Waals surface area contributed by atoms with Crippen molar-refractivity contribution in [3.8, 4) is 0 Å². The van der Waals surface area contributed by atoms with Crippen LogP contribution in [0.25, 0.3) is 0 Å². The molecule has 0 saturated carbocycles. The van der Waals surface area contributed by atoms with E-state index in [1.165, 1.54) is 4.90 Å². The van der Waals surface area contributed by atoms with Crippen molar-refractivity contribution in [2.45, 2.75) is 25.3 Å². The van der Waals surface area contributed by atoms with Gasteiger partial charge in [-0.15, -0.1) is 0 Å². The first-order chi connectivity index (χ1) is 11.9. The number of likely N-dealkylation sites (N-methyl/N-ethyl adjacent to an activating group) is 1. The molecule has 0 spiro atoms. The van der Waals surface area contributed by atoms with Gasteiger partial charge in [-0.1, -0.05) is 6.92 Å². The number of aromatic amines is 1. The van der Waals surface area contributed by atoms with Gasteiger partial charge in [0.1, 0.15) is 11.5 Å². The fraction of sp³-hybridized carbons (Fsp3) is 0.643. The third-order valence-corrected chi connectivity index (χ3v) is 5.53. The molecule has 0 aromatic carbocycles. The Labute approximate surface area is 145 Å². The lowest BCUT2D eigenvalue weighted by molar-refractivity contribution is -0.110. The number of rotatable bonds is 4. The van der Waals surface area contributed by atoms with E-state index in [1.54, 1.807) is 6.92 Å². The van der Waals surface area contributed by atoms with Crippen LogP contribution in [-0.4, -0.2) is 77.8 Å². The van der Waals surface area contributed by atoms with Crippen LogP contribution in [0.15, 0.2) is 4.99 Å². The van der Waals surface area contributed by atoms with Crippen molar-refractivity contribution in [2.24, 2.45) is 4.99 Å². The SMILES string of the molecule is CCc1nc2c([nH]1)C(N1CCOCC1)=NC(C=O)(S(=O)(=O)O)N2CC. The number of amidine groups is 1. The molecule has 1 aromatic heterocycles. The number of aromatic nitrogens is 2. The number of ether oxygens (including phenoxy) is 1. The number of aldehydes is 1. The number of H-pyrrole nitrogens is 1. The summed E-state index contributed by atoms with van der Waals surface area (Å²) in [5.41, 5.74) is 0.543. The number of anilines is 1.